The lowest BCUT2D eigenvalue weighted by atomic mass is 9.97. The zero-order valence-corrected chi connectivity index (χ0v) is 12.2. The fourth-order valence-corrected chi connectivity index (χ4v) is 2.26. The largest absolute Gasteiger partial charge is 0.494 e. The number of rotatable bonds is 6. The topological polar surface area (TPSA) is 21.3 Å². The van der Waals surface area contributed by atoms with Crippen LogP contribution >= 0.6 is 0 Å². The van der Waals surface area contributed by atoms with Gasteiger partial charge in [-0.25, -0.2) is 8.78 Å². The third kappa shape index (κ3) is 3.58. The first kappa shape index (κ1) is 15.4. The summed E-state index contributed by atoms with van der Waals surface area (Å²) in [6, 6.07) is 10.8. The molecule has 0 spiro atoms. The highest BCUT2D eigenvalue weighted by molar-refractivity contribution is 5.38. The van der Waals surface area contributed by atoms with Gasteiger partial charge in [0.05, 0.1) is 13.2 Å². The van der Waals surface area contributed by atoms with Gasteiger partial charge in [0, 0.05) is 5.56 Å². The Morgan fingerprint density at radius 1 is 1.10 bits per heavy atom. The minimum absolute atomic E-state index is 0.206. The highest BCUT2D eigenvalue weighted by Crippen LogP contribution is 2.29. The van der Waals surface area contributed by atoms with Crippen LogP contribution in [0.4, 0.5) is 8.78 Å². The molecule has 4 heteroatoms. The van der Waals surface area contributed by atoms with Gasteiger partial charge in [-0.3, -0.25) is 0 Å². The van der Waals surface area contributed by atoms with E-state index in [4.69, 9.17) is 4.74 Å². The van der Waals surface area contributed by atoms with Gasteiger partial charge < -0.3 is 10.1 Å². The van der Waals surface area contributed by atoms with Crippen LogP contribution < -0.4 is 10.1 Å². The molecular formula is C17H19F2NO. The predicted molar refractivity (Wildman–Crippen MR) is 79.5 cm³/mol. The number of nitrogens with one attached hydrogen (secondary N) is 1. The van der Waals surface area contributed by atoms with Crippen LogP contribution in [-0.2, 0) is 0 Å². The fourth-order valence-electron chi connectivity index (χ4n) is 2.26. The van der Waals surface area contributed by atoms with Crippen LogP contribution in [0, 0.1) is 11.6 Å². The molecule has 112 valence electrons. The van der Waals surface area contributed by atoms with Crippen LogP contribution in [0.3, 0.4) is 0 Å². The molecule has 0 aromatic heterocycles. The Kier molecular flexibility index (Phi) is 5.28. The van der Waals surface area contributed by atoms with Crippen molar-refractivity contribution in [3.63, 3.8) is 0 Å². The summed E-state index contributed by atoms with van der Waals surface area (Å²) < 4.78 is 32.6. The molecule has 2 aromatic carbocycles. The number of hydrogen-bond acceptors (Lipinski definition) is 2. The smallest absolute Gasteiger partial charge is 0.170 e. The number of benzene rings is 2. The second kappa shape index (κ2) is 7.18. The standard InChI is InChI=1S/C17H19F2NO/c1-3-11-20-17(12-7-9-13(18)10-8-12)14-5-4-6-15(21-2)16(14)19/h4-10,17,20H,3,11H2,1-2H3. The van der Waals surface area contributed by atoms with E-state index >= 15 is 0 Å². The summed E-state index contributed by atoms with van der Waals surface area (Å²) >= 11 is 0. The Bertz CT molecular complexity index is 584. The van der Waals surface area contributed by atoms with Gasteiger partial charge in [-0.2, -0.15) is 0 Å². The van der Waals surface area contributed by atoms with Crippen LogP contribution in [0.1, 0.15) is 30.5 Å². The minimum atomic E-state index is -0.391. The summed E-state index contributed by atoms with van der Waals surface area (Å²) in [5, 5.41) is 3.30. The Morgan fingerprint density at radius 3 is 2.43 bits per heavy atom. The fraction of sp³-hybridized carbons (Fsp3) is 0.294. The molecule has 0 saturated carbocycles. The van der Waals surface area contributed by atoms with Crippen molar-refractivity contribution in [2.45, 2.75) is 19.4 Å². The highest BCUT2D eigenvalue weighted by atomic mass is 19.1. The van der Waals surface area contributed by atoms with Crippen molar-refractivity contribution >= 4 is 0 Å². The van der Waals surface area contributed by atoms with Crippen molar-refractivity contribution in [2.75, 3.05) is 13.7 Å². The minimum Gasteiger partial charge on any atom is -0.494 e. The molecule has 0 radical (unpaired) electrons. The maximum Gasteiger partial charge on any atom is 0.170 e. The van der Waals surface area contributed by atoms with E-state index in [9.17, 15) is 8.78 Å². The van der Waals surface area contributed by atoms with E-state index in [0.717, 1.165) is 18.5 Å². The third-order valence-electron chi connectivity index (χ3n) is 3.33. The molecule has 0 bridgehead atoms. The van der Waals surface area contributed by atoms with Crippen molar-refractivity contribution in [3.8, 4) is 5.75 Å². The van der Waals surface area contributed by atoms with E-state index in [0.29, 0.717) is 5.56 Å². The van der Waals surface area contributed by atoms with Gasteiger partial charge in [0.2, 0.25) is 0 Å². The first-order valence-corrected chi connectivity index (χ1v) is 6.98. The molecule has 0 heterocycles. The number of methoxy groups -OCH3 is 1. The molecule has 0 amide bonds. The normalized spacial score (nSPS) is 12.2. The Morgan fingerprint density at radius 2 is 1.81 bits per heavy atom. The van der Waals surface area contributed by atoms with Crippen molar-refractivity contribution in [1.29, 1.82) is 0 Å². The van der Waals surface area contributed by atoms with Crippen molar-refractivity contribution in [2.24, 2.45) is 0 Å². The molecule has 2 aromatic rings. The van der Waals surface area contributed by atoms with Gasteiger partial charge in [-0.05, 0) is 36.7 Å². The molecule has 1 unspecified atom stereocenters. The lowest BCUT2D eigenvalue weighted by molar-refractivity contribution is 0.381. The van der Waals surface area contributed by atoms with Crippen molar-refractivity contribution in [1.82, 2.24) is 5.32 Å². The monoisotopic (exact) mass is 291 g/mol. The van der Waals surface area contributed by atoms with Gasteiger partial charge >= 0.3 is 0 Å². The molecule has 1 atom stereocenters. The maximum absolute atomic E-state index is 14.5. The average molecular weight is 291 g/mol. The first-order valence-electron chi connectivity index (χ1n) is 6.98. The quantitative estimate of drug-likeness (QED) is 0.866. The zero-order chi connectivity index (χ0) is 15.2. The molecule has 0 aliphatic rings. The van der Waals surface area contributed by atoms with Crippen molar-refractivity contribution < 1.29 is 13.5 Å². The van der Waals surface area contributed by atoms with E-state index in [1.807, 2.05) is 6.92 Å². The molecule has 0 saturated heterocycles. The molecule has 21 heavy (non-hydrogen) atoms. The van der Waals surface area contributed by atoms with Crippen molar-refractivity contribution in [3.05, 3.63) is 65.2 Å². The Balaban J connectivity index is 2.42. The first-order chi connectivity index (χ1) is 10.2. The molecule has 1 N–H and O–H groups in total. The summed E-state index contributed by atoms with van der Waals surface area (Å²) in [4.78, 5) is 0. The van der Waals surface area contributed by atoms with E-state index in [2.05, 4.69) is 5.32 Å². The average Bonchev–Trinajstić information content (AvgIpc) is 2.50. The Hall–Kier alpha value is -1.94. The highest BCUT2D eigenvalue weighted by Gasteiger charge is 2.19. The summed E-state index contributed by atoms with van der Waals surface area (Å²) in [6.07, 6.45) is 0.920. The van der Waals surface area contributed by atoms with E-state index < -0.39 is 5.82 Å². The molecule has 0 fully saturated rings. The summed E-state index contributed by atoms with van der Waals surface area (Å²) in [6.45, 7) is 2.77. The van der Waals surface area contributed by atoms with Gasteiger partial charge in [0.15, 0.2) is 11.6 Å². The number of halogens is 2. The second-order valence-corrected chi connectivity index (χ2v) is 4.80. The van der Waals surface area contributed by atoms with Gasteiger partial charge in [0.1, 0.15) is 5.82 Å². The van der Waals surface area contributed by atoms with Gasteiger partial charge in [-0.15, -0.1) is 0 Å². The molecule has 2 nitrogen and oxygen atoms in total. The van der Waals surface area contributed by atoms with Crippen LogP contribution in [0.25, 0.3) is 0 Å². The molecule has 2 rings (SSSR count). The van der Waals surface area contributed by atoms with Crippen LogP contribution in [0.2, 0.25) is 0 Å². The zero-order valence-electron chi connectivity index (χ0n) is 12.2. The lowest BCUT2D eigenvalue weighted by Gasteiger charge is -2.21. The van der Waals surface area contributed by atoms with E-state index in [-0.39, 0.29) is 17.6 Å². The molecule has 0 aliphatic carbocycles. The third-order valence-corrected chi connectivity index (χ3v) is 3.33. The van der Waals surface area contributed by atoms with E-state index in [1.54, 1.807) is 30.3 Å². The number of ether oxygens (including phenoxy) is 1. The second-order valence-electron chi connectivity index (χ2n) is 4.80. The SMILES string of the molecule is CCCNC(c1ccc(F)cc1)c1cccc(OC)c1F. The summed E-state index contributed by atoms with van der Waals surface area (Å²) in [7, 11) is 1.44. The lowest BCUT2D eigenvalue weighted by Crippen LogP contribution is -2.24. The Labute approximate surface area is 123 Å². The van der Waals surface area contributed by atoms with Gasteiger partial charge in [0.25, 0.3) is 0 Å². The number of hydrogen-bond donors (Lipinski definition) is 1. The molecular weight excluding hydrogens is 272 g/mol. The van der Waals surface area contributed by atoms with Crippen LogP contribution in [0.15, 0.2) is 42.5 Å². The molecule has 0 aliphatic heterocycles. The summed E-state index contributed by atoms with van der Waals surface area (Å²) in [5.74, 6) is -0.491. The van der Waals surface area contributed by atoms with E-state index in [1.165, 1.54) is 19.2 Å². The van der Waals surface area contributed by atoms with Crippen LogP contribution in [0.5, 0.6) is 5.75 Å². The maximum atomic E-state index is 14.5. The van der Waals surface area contributed by atoms with Gasteiger partial charge in [-0.1, -0.05) is 31.2 Å². The summed E-state index contributed by atoms with van der Waals surface area (Å²) in [5.41, 5.74) is 1.31. The van der Waals surface area contributed by atoms with Crippen LogP contribution in [-0.4, -0.2) is 13.7 Å². The predicted octanol–water partition coefficient (Wildman–Crippen LogP) is 4.06.